The number of aromatic amines is 1. The van der Waals surface area contributed by atoms with Crippen LogP contribution >= 0.6 is 11.8 Å². The van der Waals surface area contributed by atoms with E-state index in [9.17, 15) is 9.18 Å². The molecule has 172 valence electrons. The molecule has 33 heavy (non-hydrogen) atoms. The molecule has 0 spiro atoms. The molecular weight excluding hydrogens is 443 g/mol. The number of rotatable bonds is 7. The third kappa shape index (κ3) is 5.92. The molecule has 0 fully saturated rings. The number of alkyl carbamates (subject to hydrolysis) is 1. The van der Waals surface area contributed by atoms with E-state index in [-0.39, 0.29) is 11.7 Å². The molecule has 4 rings (SSSR count). The molecule has 0 aliphatic heterocycles. The van der Waals surface area contributed by atoms with Crippen LogP contribution in [0, 0.1) is 5.82 Å². The molecule has 0 bridgehead atoms. The number of amides is 1. The van der Waals surface area contributed by atoms with Crippen molar-refractivity contribution in [1.82, 2.24) is 20.5 Å². The van der Waals surface area contributed by atoms with Crippen LogP contribution in [0.15, 0.2) is 64.4 Å². The summed E-state index contributed by atoms with van der Waals surface area (Å²) in [4.78, 5) is 15.7. The first-order valence-electron chi connectivity index (χ1n) is 10.5. The maximum Gasteiger partial charge on any atom is 0.408 e. The van der Waals surface area contributed by atoms with Gasteiger partial charge >= 0.3 is 6.09 Å². The summed E-state index contributed by atoms with van der Waals surface area (Å²) < 4.78 is 25.2. The number of H-pyrrole nitrogens is 1. The van der Waals surface area contributed by atoms with Crippen molar-refractivity contribution in [3.05, 3.63) is 77.6 Å². The van der Waals surface area contributed by atoms with Crippen LogP contribution in [-0.2, 0) is 16.9 Å². The monoisotopic (exact) mass is 468 g/mol. The van der Waals surface area contributed by atoms with E-state index in [0.29, 0.717) is 23.0 Å². The molecule has 2 aromatic heterocycles. The molecule has 4 aromatic rings. The van der Waals surface area contributed by atoms with Gasteiger partial charge in [0.1, 0.15) is 17.5 Å². The summed E-state index contributed by atoms with van der Waals surface area (Å²) >= 11 is 1.23. The number of hydrogen-bond donors (Lipinski definition) is 2. The maximum absolute atomic E-state index is 13.9. The van der Waals surface area contributed by atoms with E-state index >= 15 is 0 Å². The summed E-state index contributed by atoms with van der Waals surface area (Å²) in [6.45, 7) is 5.39. The van der Waals surface area contributed by atoms with Crippen molar-refractivity contribution >= 4 is 28.8 Å². The fourth-order valence-corrected chi connectivity index (χ4v) is 4.10. The van der Waals surface area contributed by atoms with Gasteiger partial charge in [0.25, 0.3) is 5.22 Å². The second kappa shape index (κ2) is 9.66. The molecule has 2 heterocycles. The van der Waals surface area contributed by atoms with Crippen LogP contribution in [0.3, 0.4) is 0 Å². The fraction of sp³-hybridized carbons (Fsp3) is 0.292. The molecule has 1 amide bonds. The van der Waals surface area contributed by atoms with Gasteiger partial charge in [-0.25, -0.2) is 9.18 Å². The Hall–Kier alpha value is -3.33. The summed E-state index contributed by atoms with van der Waals surface area (Å²) in [5.74, 6) is 0.316. The van der Waals surface area contributed by atoms with E-state index < -0.39 is 17.7 Å². The third-order valence-electron chi connectivity index (χ3n) is 4.82. The summed E-state index contributed by atoms with van der Waals surface area (Å²) in [6, 6.07) is 13.9. The van der Waals surface area contributed by atoms with Crippen molar-refractivity contribution in [1.29, 1.82) is 0 Å². The summed E-state index contributed by atoms with van der Waals surface area (Å²) in [7, 11) is 0. The third-order valence-corrected chi connectivity index (χ3v) is 5.69. The zero-order chi connectivity index (χ0) is 23.4. The molecule has 1 unspecified atom stereocenters. The van der Waals surface area contributed by atoms with Crippen LogP contribution in [0.2, 0.25) is 0 Å². The number of benzene rings is 2. The first kappa shape index (κ1) is 22.8. The molecule has 0 radical (unpaired) electrons. The molecule has 2 aromatic carbocycles. The predicted octanol–water partition coefficient (Wildman–Crippen LogP) is 5.79. The Morgan fingerprint density at radius 1 is 1.15 bits per heavy atom. The Bertz CT molecular complexity index is 1250. The quantitative estimate of drug-likeness (QED) is 0.334. The number of para-hydroxylation sites is 1. The minimum absolute atomic E-state index is 0.252. The number of nitrogens with zero attached hydrogens (tertiary/aromatic N) is 2. The van der Waals surface area contributed by atoms with Gasteiger partial charge in [-0.1, -0.05) is 48.2 Å². The van der Waals surface area contributed by atoms with Crippen LogP contribution < -0.4 is 5.32 Å². The lowest BCUT2D eigenvalue weighted by atomic mass is 10.1. The Kier molecular flexibility index (Phi) is 6.69. The van der Waals surface area contributed by atoms with Gasteiger partial charge in [0, 0.05) is 29.3 Å². The lowest BCUT2D eigenvalue weighted by Crippen LogP contribution is -2.36. The average molecular weight is 469 g/mol. The van der Waals surface area contributed by atoms with Crippen molar-refractivity contribution in [2.75, 3.05) is 0 Å². The Balaban J connectivity index is 1.54. The largest absolute Gasteiger partial charge is 0.444 e. The second-order valence-electron chi connectivity index (χ2n) is 8.55. The van der Waals surface area contributed by atoms with Gasteiger partial charge in [-0.2, -0.15) is 0 Å². The number of nitrogens with one attached hydrogen (secondary N) is 2. The van der Waals surface area contributed by atoms with Gasteiger partial charge < -0.3 is 19.5 Å². The minimum atomic E-state index is -0.648. The molecule has 9 heteroatoms. The van der Waals surface area contributed by atoms with Crippen LogP contribution in [0.1, 0.15) is 43.8 Å². The van der Waals surface area contributed by atoms with Crippen LogP contribution in [-0.4, -0.2) is 26.9 Å². The highest BCUT2D eigenvalue weighted by Crippen LogP contribution is 2.28. The van der Waals surface area contributed by atoms with Gasteiger partial charge in [0.05, 0.1) is 0 Å². The Labute approximate surface area is 195 Å². The SMILES string of the molecule is CC(C)(C)OC(=O)NC(Cc1c[nH]c2ccccc12)c1nnc(SCc2ccccc2F)o1. The van der Waals surface area contributed by atoms with E-state index in [1.807, 2.05) is 30.5 Å². The van der Waals surface area contributed by atoms with Gasteiger partial charge in [-0.3, -0.25) is 0 Å². The fourth-order valence-electron chi connectivity index (χ4n) is 3.34. The highest BCUT2D eigenvalue weighted by Gasteiger charge is 2.26. The lowest BCUT2D eigenvalue weighted by Gasteiger charge is -2.22. The lowest BCUT2D eigenvalue weighted by molar-refractivity contribution is 0.0494. The Morgan fingerprint density at radius 3 is 2.70 bits per heavy atom. The molecular formula is C24H25FN4O3S. The number of aromatic nitrogens is 3. The van der Waals surface area contributed by atoms with Crippen LogP contribution in [0.5, 0.6) is 0 Å². The molecule has 0 saturated heterocycles. The number of halogens is 1. The van der Waals surface area contributed by atoms with E-state index in [1.54, 1.807) is 39.0 Å². The molecule has 0 aliphatic carbocycles. The second-order valence-corrected chi connectivity index (χ2v) is 9.48. The normalized spacial score (nSPS) is 12.6. The van der Waals surface area contributed by atoms with Crippen molar-refractivity contribution < 1.29 is 18.3 Å². The van der Waals surface area contributed by atoms with Crippen LogP contribution in [0.25, 0.3) is 10.9 Å². The van der Waals surface area contributed by atoms with E-state index in [4.69, 9.17) is 9.15 Å². The highest BCUT2D eigenvalue weighted by molar-refractivity contribution is 7.98. The topological polar surface area (TPSA) is 93.0 Å². The number of carbonyl (C=O) groups is 1. The number of hydrogen-bond acceptors (Lipinski definition) is 6. The smallest absolute Gasteiger partial charge is 0.408 e. The standard InChI is InChI=1S/C24H25FN4O3S/c1-24(2,3)32-22(30)27-20(12-16-13-26-19-11-7-5-9-17(16)19)21-28-29-23(31-21)33-14-15-8-4-6-10-18(15)25/h4-11,13,20,26H,12,14H2,1-3H3,(H,27,30). The van der Waals surface area contributed by atoms with Gasteiger partial charge in [0.2, 0.25) is 5.89 Å². The molecule has 0 aliphatic rings. The predicted molar refractivity (Wildman–Crippen MR) is 124 cm³/mol. The molecule has 7 nitrogen and oxygen atoms in total. The average Bonchev–Trinajstić information content (AvgIpc) is 3.39. The molecule has 1 atom stereocenters. The van der Waals surface area contributed by atoms with Crippen molar-refractivity contribution in [2.45, 2.75) is 49.8 Å². The van der Waals surface area contributed by atoms with Crippen molar-refractivity contribution in [2.24, 2.45) is 0 Å². The van der Waals surface area contributed by atoms with Crippen LogP contribution in [0.4, 0.5) is 9.18 Å². The number of carbonyl (C=O) groups excluding carboxylic acids is 1. The first-order valence-corrected chi connectivity index (χ1v) is 11.5. The Morgan fingerprint density at radius 2 is 1.91 bits per heavy atom. The maximum atomic E-state index is 13.9. The number of ether oxygens (including phenoxy) is 1. The summed E-state index contributed by atoms with van der Waals surface area (Å²) in [6.07, 6.45) is 1.74. The van der Waals surface area contributed by atoms with Crippen molar-refractivity contribution in [3.63, 3.8) is 0 Å². The van der Waals surface area contributed by atoms with Gasteiger partial charge in [-0.15, -0.1) is 10.2 Å². The number of fused-ring (bicyclic) bond motifs is 1. The van der Waals surface area contributed by atoms with E-state index in [1.165, 1.54) is 17.8 Å². The van der Waals surface area contributed by atoms with Gasteiger partial charge in [-0.05, 0) is 44.0 Å². The summed E-state index contributed by atoms with van der Waals surface area (Å²) in [5.41, 5.74) is 1.88. The van der Waals surface area contributed by atoms with E-state index in [0.717, 1.165) is 16.5 Å². The summed E-state index contributed by atoms with van der Waals surface area (Å²) in [5, 5.41) is 12.4. The van der Waals surface area contributed by atoms with Crippen molar-refractivity contribution in [3.8, 4) is 0 Å². The molecule has 2 N–H and O–H groups in total. The number of thioether (sulfide) groups is 1. The highest BCUT2D eigenvalue weighted by atomic mass is 32.2. The minimum Gasteiger partial charge on any atom is -0.444 e. The first-order chi connectivity index (χ1) is 15.8. The van der Waals surface area contributed by atoms with E-state index in [2.05, 4.69) is 20.5 Å². The zero-order valence-electron chi connectivity index (χ0n) is 18.6. The molecule has 0 saturated carbocycles. The zero-order valence-corrected chi connectivity index (χ0v) is 19.4. The van der Waals surface area contributed by atoms with Gasteiger partial charge in [0.15, 0.2) is 0 Å².